The molecule has 0 unspecified atom stereocenters. The molecule has 106 valence electrons. The van der Waals surface area contributed by atoms with Crippen molar-refractivity contribution in [3.63, 3.8) is 0 Å². The van der Waals surface area contributed by atoms with E-state index >= 15 is 0 Å². The number of halogens is 1. The molecule has 0 aliphatic heterocycles. The second kappa shape index (κ2) is 5.61. The van der Waals surface area contributed by atoms with Gasteiger partial charge in [-0.1, -0.05) is 15.9 Å². The van der Waals surface area contributed by atoms with Crippen LogP contribution in [0.25, 0.3) is 11.0 Å². The lowest BCUT2D eigenvalue weighted by Crippen LogP contribution is -2.10. The Bertz CT molecular complexity index is 793. The molecule has 0 aliphatic rings. The molecule has 1 amide bonds. The number of carbonyl (C=O) groups excluding carboxylic acids is 1. The smallest absolute Gasteiger partial charge is 0.291 e. The van der Waals surface area contributed by atoms with Crippen LogP contribution in [0, 0.1) is 0 Å². The predicted octanol–water partition coefficient (Wildman–Crippen LogP) is 4.46. The average Bonchev–Trinajstić information content (AvgIpc) is 2.91. The quantitative estimate of drug-likeness (QED) is 0.762. The molecule has 2 aromatic carbocycles. The normalized spacial score (nSPS) is 10.6. The van der Waals surface area contributed by atoms with Crippen molar-refractivity contribution in [3.05, 3.63) is 58.8 Å². The third-order valence-corrected chi connectivity index (χ3v) is 3.54. The first-order chi connectivity index (χ1) is 10.2. The lowest BCUT2D eigenvalue weighted by atomic mass is 10.2. The van der Waals surface area contributed by atoms with E-state index in [4.69, 9.17) is 9.15 Å². The van der Waals surface area contributed by atoms with Gasteiger partial charge in [0, 0.05) is 15.5 Å². The summed E-state index contributed by atoms with van der Waals surface area (Å²) in [6.07, 6.45) is 0. The predicted molar refractivity (Wildman–Crippen MR) is 84.9 cm³/mol. The average molecular weight is 346 g/mol. The van der Waals surface area contributed by atoms with Gasteiger partial charge >= 0.3 is 0 Å². The van der Waals surface area contributed by atoms with E-state index < -0.39 is 0 Å². The van der Waals surface area contributed by atoms with Crippen molar-refractivity contribution in [2.24, 2.45) is 0 Å². The first-order valence-electron chi connectivity index (χ1n) is 6.30. The van der Waals surface area contributed by atoms with E-state index in [9.17, 15) is 4.79 Å². The van der Waals surface area contributed by atoms with Gasteiger partial charge in [0.15, 0.2) is 5.76 Å². The first kappa shape index (κ1) is 13.7. The minimum atomic E-state index is -0.285. The third-order valence-electron chi connectivity index (χ3n) is 3.05. The van der Waals surface area contributed by atoms with Crippen LogP contribution in [0.15, 0.2) is 57.4 Å². The largest absolute Gasteiger partial charge is 0.497 e. The number of rotatable bonds is 3. The molecular weight excluding hydrogens is 334 g/mol. The third kappa shape index (κ3) is 2.92. The van der Waals surface area contributed by atoms with Crippen molar-refractivity contribution in [3.8, 4) is 5.75 Å². The number of anilines is 1. The fourth-order valence-corrected chi connectivity index (χ4v) is 2.37. The SMILES string of the molecule is COc1ccc(NC(=O)c2cc3cc(Br)ccc3o2)cc1. The number of fused-ring (bicyclic) bond motifs is 1. The number of methoxy groups -OCH3 is 1. The van der Waals surface area contributed by atoms with Gasteiger partial charge in [-0.2, -0.15) is 0 Å². The van der Waals surface area contributed by atoms with E-state index in [2.05, 4.69) is 21.2 Å². The van der Waals surface area contributed by atoms with Crippen LogP contribution in [-0.2, 0) is 0 Å². The van der Waals surface area contributed by atoms with Crippen LogP contribution in [0.2, 0.25) is 0 Å². The van der Waals surface area contributed by atoms with Crippen LogP contribution in [0.5, 0.6) is 5.75 Å². The molecule has 0 atom stereocenters. The molecule has 4 nitrogen and oxygen atoms in total. The van der Waals surface area contributed by atoms with Crippen LogP contribution in [0.1, 0.15) is 10.6 Å². The van der Waals surface area contributed by atoms with Crippen LogP contribution >= 0.6 is 15.9 Å². The number of ether oxygens (including phenoxy) is 1. The maximum absolute atomic E-state index is 12.2. The van der Waals surface area contributed by atoms with E-state index in [1.54, 1.807) is 37.4 Å². The molecule has 0 saturated heterocycles. The molecule has 0 bridgehead atoms. The Morgan fingerprint density at radius 2 is 1.90 bits per heavy atom. The molecule has 5 heteroatoms. The second-order valence-corrected chi connectivity index (χ2v) is 5.39. The number of amides is 1. The van der Waals surface area contributed by atoms with Crippen molar-refractivity contribution in [1.82, 2.24) is 0 Å². The number of hydrogen-bond acceptors (Lipinski definition) is 3. The fraction of sp³-hybridized carbons (Fsp3) is 0.0625. The highest BCUT2D eigenvalue weighted by Gasteiger charge is 2.12. The number of furan rings is 1. The lowest BCUT2D eigenvalue weighted by molar-refractivity contribution is 0.0998. The fourth-order valence-electron chi connectivity index (χ4n) is 1.99. The molecule has 1 aromatic heterocycles. The zero-order chi connectivity index (χ0) is 14.8. The van der Waals surface area contributed by atoms with Gasteiger partial charge in [0.1, 0.15) is 11.3 Å². The highest BCUT2D eigenvalue weighted by atomic mass is 79.9. The van der Waals surface area contributed by atoms with Crippen LogP contribution < -0.4 is 10.1 Å². The van der Waals surface area contributed by atoms with E-state index in [0.29, 0.717) is 11.3 Å². The summed E-state index contributed by atoms with van der Waals surface area (Å²) in [5.74, 6) is 0.730. The van der Waals surface area contributed by atoms with E-state index in [0.717, 1.165) is 15.6 Å². The summed E-state index contributed by atoms with van der Waals surface area (Å²) >= 11 is 3.39. The van der Waals surface area contributed by atoms with Gasteiger partial charge in [-0.25, -0.2) is 0 Å². The van der Waals surface area contributed by atoms with E-state index in [1.807, 2.05) is 18.2 Å². The zero-order valence-electron chi connectivity index (χ0n) is 11.2. The van der Waals surface area contributed by atoms with Crippen molar-refractivity contribution in [1.29, 1.82) is 0 Å². The Kier molecular flexibility index (Phi) is 3.66. The number of nitrogens with one attached hydrogen (secondary N) is 1. The summed E-state index contributed by atoms with van der Waals surface area (Å²) in [4.78, 5) is 12.2. The van der Waals surface area contributed by atoms with Crippen molar-refractivity contribution in [2.75, 3.05) is 12.4 Å². The summed E-state index contributed by atoms with van der Waals surface area (Å²) < 4.78 is 11.6. The Morgan fingerprint density at radius 3 is 2.62 bits per heavy atom. The molecule has 0 fully saturated rings. The van der Waals surface area contributed by atoms with Gasteiger partial charge in [0.05, 0.1) is 7.11 Å². The molecule has 3 aromatic rings. The Balaban J connectivity index is 1.82. The second-order valence-electron chi connectivity index (χ2n) is 4.48. The molecule has 1 N–H and O–H groups in total. The summed E-state index contributed by atoms with van der Waals surface area (Å²) in [7, 11) is 1.60. The lowest BCUT2D eigenvalue weighted by Gasteiger charge is -2.04. The topological polar surface area (TPSA) is 51.5 Å². The molecule has 0 spiro atoms. The van der Waals surface area contributed by atoms with Gasteiger partial charge < -0.3 is 14.5 Å². The molecule has 0 radical (unpaired) electrons. The van der Waals surface area contributed by atoms with Gasteiger partial charge in [0.25, 0.3) is 5.91 Å². The Labute approximate surface area is 129 Å². The van der Waals surface area contributed by atoms with Gasteiger partial charge in [-0.05, 0) is 48.5 Å². The van der Waals surface area contributed by atoms with E-state index in [1.165, 1.54) is 0 Å². The first-order valence-corrected chi connectivity index (χ1v) is 7.09. The Hall–Kier alpha value is -2.27. The molecule has 0 saturated carbocycles. The number of carbonyl (C=O) groups is 1. The van der Waals surface area contributed by atoms with Crippen molar-refractivity contribution >= 4 is 38.5 Å². The molecular formula is C16H12BrNO3. The van der Waals surface area contributed by atoms with E-state index in [-0.39, 0.29) is 11.7 Å². The van der Waals surface area contributed by atoms with Crippen molar-refractivity contribution < 1.29 is 13.9 Å². The minimum absolute atomic E-state index is 0.277. The number of hydrogen-bond donors (Lipinski definition) is 1. The molecule has 3 rings (SSSR count). The summed E-state index contributed by atoms with van der Waals surface area (Å²) in [6, 6.07) is 14.4. The maximum Gasteiger partial charge on any atom is 0.291 e. The summed E-state index contributed by atoms with van der Waals surface area (Å²) in [5.41, 5.74) is 1.36. The summed E-state index contributed by atoms with van der Waals surface area (Å²) in [5, 5.41) is 3.66. The zero-order valence-corrected chi connectivity index (χ0v) is 12.8. The molecule has 21 heavy (non-hydrogen) atoms. The minimum Gasteiger partial charge on any atom is -0.497 e. The van der Waals surface area contributed by atoms with Crippen LogP contribution in [-0.4, -0.2) is 13.0 Å². The molecule has 1 heterocycles. The Morgan fingerprint density at radius 1 is 1.14 bits per heavy atom. The van der Waals surface area contributed by atoms with Crippen molar-refractivity contribution in [2.45, 2.75) is 0 Å². The molecule has 0 aliphatic carbocycles. The highest BCUT2D eigenvalue weighted by Crippen LogP contribution is 2.24. The summed E-state index contributed by atoms with van der Waals surface area (Å²) in [6.45, 7) is 0. The van der Waals surface area contributed by atoms with Gasteiger partial charge in [-0.3, -0.25) is 4.79 Å². The van der Waals surface area contributed by atoms with Gasteiger partial charge in [-0.15, -0.1) is 0 Å². The van der Waals surface area contributed by atoms with Gasteiger partial charge in [0.2, 0.25) is 0 Å². The number of benzene rings is 2. The van der Waals surface area contributed by atoms with Crippen LogP contribution in [0.3, 0.4) is 0 Å². The van der Waals surface area contributed by atoms with Crippen LogP contribution in [0.4, 0.5) is 5.69 Å². The highest BCUT2D eigenvalue weighted by molar-refractivity contribution is 9.10. The standard InChI is InChI=1S/C16H12BrNO3/c1-20-13-5-3-12(4-6-13)18-16(19)15-9-10-8-11(17)2-7-14(10)21-15/h2-9H,1H3,(H,18,19). The monoisotopic (exact) mass is 345 g/mol. The maximum atomic E-state index is 12.2.